The molecule has 3 N–H and O–H groups in total. The van der Waals surface area contributed by atoms with Crippen molar-refractivity contribution >= 4 is 36.9 Å². The summed E-state index contributed by atoms with van der Waals surface area (Å²) in [5.74, 6) is 0.297. The summed E-state index contributed by atoms with van der Waals surface area (Å²) in [4.78, 5) is 53.3. The molecule has 6 rings (SSSR count). The number of hydrogen-bond acceptors (Lipinski definition) is 9. The van der Waals surface area contributed by atoms with Crippen LogP contribution in [-0.4, -0.2) is 93.0 Å². The van der Waals surface area contributed by atoms with E-state index < -0.39 is 8.24 Å². The number of nitrogen functional groups attached to an aromatic ring is 1. The van der Waals surface area contributed by atoms with Gasteiger partial charge in [0, 0.05) is 45.3 Å². The fourth-order valence-electron chi connectivity index (χ4n) is 3.83. The van der Waals surface area contributed by atoms with Crippen LogP contribution in [0.4, 0.5) is 5.95 Å². The molecule has 0 atom stereocenters. The Morgan fingerprint density at radius 3 is 2.09 bits per heavy atom. The largest absolute Gasteiger partial charge is 0.370 e. The van der Waals surface area contributed by atoms with Crippen molar-refractivity contribution in [2.45, 2.75) is 19.6 Å². The molecule has 0 amide bonds. The minimum Gasteiger partial charge on any atom is -0.370 e. The van der Waals surface area contributed by atoms with E-state index in [0.29, 0.717) is 28.3 Å². The van der Waals surface area contributed by atoms with Crippen molar-refractivity contribution in [2.24, 2.45) is 0 Å². The SMILES string of the molecule is C[Si](C)(C)n1c(N)nc2nc[nH]c2c1=O.O=C1C=C(N2CC2)C(=O)C(N2CC2)=C1N1CC1. The number of allylic oxidation sites excluding steroid dienone is 1. The lowest BCUT2D eigenvalue weighted by atomic mass is 10.0. The fourth-order valence-corrected chi connectivity index (χ4v) is 5.29. The molecular formula is C20H26N8O3Si. The Kier molecular flexibility index (Phi) is 4.51. The molecular weight excluding hydrogens is 428 g/mol. The van der Waals surface area contributed by atoms with Gasteiger partial charge in [-0.25, -0.2) is 4.98 Å². The molecule has 168 valence electrons. The van der Waals surface area contributed by atoms with E-state index in [1.807, 2.05) is 34.3 Å². The highest BCUT2D eigenvalue weighted by Crippen LogP contribution is 2.33. The Balaban J connectivity index is 0.000000136. The molecule has 5 heterocycles. The predicted octanol–water partition coefficient (Wildman–Crippen LogP) is -0.435. The molecule has 0 unspecified atom stereocenters. The number of aromatic nitrogens is 4. The van der Waals surface area contributed by atoms with Crippen molar-refractivity contribution < 1.29 is 9.59 Å². The number of nitrogens with zero attached hydrogens (tertiary/aromatic N) is 6. The van der Waals surface area contributed by atoms with E-state index in [4.69, 9.17) is 5.73 Å². The summed E-state index contributed by atoms with van der Waals surface area (Å²) in [5, 5.41) is 0. The van der Waals surface area contributed by atoms with Gasteiger partial charge in [0.25, 0.3) is 5.56 Å². The van der Waals surface area contributed by atoms with Gasteiger partial charge in [0.1, 0.15) is 11.4 Å². The number of aromatic amines is 1. The number of nitrogens with two attached hydrogens (primary N) is 1. The number of anilines is 1. The van der Waals surface area contributed by atoms with Gasteiger partial charge in [-0.3, -0.25) is 14.4 Å². The van der Waals surface area contributed by atoms with Gasteiger partial charge in [-0.15, -0.1) is 0 Å². The van der Waals surface area contributed by atoms with E-state index in [-0.39, 0.29) is 23.1 Å². The summed E-state index contributed by atoms with van der Waals surface area (Å²) in [6, 6.07) is 0. The molecule has 0 aromatic carbocycles. The van der Waals surface area contributed by atoms with Gasteiger partial charge in [0.2, 0.25) is 11.6 Å². The van der Waals surface area contributed by atoms with Gasteiger partial charge in [0.15, 0.2) is 25.3 Å². The molecule has 0 spiro atoms. The van der Waals surface area contributed by atoms with Crippen molar-refractivity contribution in [1.29, 1.82) is 0 Å². The van der Waals surface area contributed by atoms with Crippen molar-refractivity contribution in [3.8, 4) is 0 Å². The third-order valence-electron chi connectivity index (χ3n) is 5.64. The highest BCUT2D eigenvalue weighted by atomic mass is 28.3. The van der Waals surface area contributed by atoms with Gasteiger partial charge in [-0.1, -0.05) is 19.6 Å². The first-order valence-electron chi connectivity index (χ1n) is 10.7. The van der Waals surface area contributed by atoms with E-state index in [1.54, 1.807) is 4.23 Å². The summed E-state index contributed by atoms with van der Waals surface area (Å²) in [6.07, 6.45) is 2.98. The van der Waals surface area contributed by atoms with Crippen molar-refractivity contribution in [1.82, 2.24) is 33.9 Å². The second-order valence-corrected chi connectivity index (χ2v) is 14.1. The number of carbonyl (C=O) groups excluding carboxylic acids is 2. The maximum absolute atomic E-state index is 12.4. The summed E-state index contributed by atoms with van der Waals surface area (Å²) < 4.78 is 1.59. The second kappa shape index (κ2) is 7.05. The lowest BCUT2D eigenvalue weighted by Gasteiger charge is -2.21. The number of imidazole rings is 1. The van der Waals surface area contributed by atoms with Gasteiger partial charge >= 0.3 is 0 Å². The Morgan fingerprint density at radius 1 is 0.938 bits per heavy atom. The van der Waals surface area contributed by atoms with Crippen LogP contribution in [0.15, 0.2) is 34.3 Å². The van der Waals surface area contributed by atoms with Crippen LogP contribution in [0, 0.1) is 0 Å². The highest BCUT2D eigenvalue weighted by Gasteiger charge is 2.43. The Hall–Kier alpha value is -3.41. The molecule has 0 bridgehead atoms. The van der Waals surface area contributed by atoms with Gasteiger partial charge < -0.3 is 29.7 Å². The van der Waals surface area contributed by atoms with Crippen LogP contribution in [0.1, 0.15) is 0 Å². The summed E-state index contributed by atoms with van der Waals surface area (Å²) in [6.45, 7) is 11.5. The number of carbonyl (C=O) groups is 2. The first-order valence-corrected chi connectivity index (χ1v) is 14.1. The Morgan fingerprint density at radius 2 is 1.53 bits per heavy atom. The monoisotopic (exact) mass is 454 g/mol. The average molecular weight is 455 g/mol. The molecule has 11 nitrogen and oxygen atoms in total. The van der Waals surface area contributed by atoms with Gasteiger partial charge in [-0.2, -0.15) is 4.98 Å². The first kappa shape index (κ1) is 20.5. The summed E-state index contributed by atoms with van der Waals surface area (Å²) in [5.41, 5.74) is 8.33. The standard InChI is InChI=1S/C12H13N3O2.C8H13N5OSi/c16-9-7-8(13-1-2-13)12(17)11(15-5-6-15)10(9)14-3-4-14;1-15(2,3)13-7(14)5-6(11-4-10-5)12-8(13)9/h7H,1-6H2;4H,1-3H3,(H2,9,12)(H,10,11). The normalized spacial score (nSPS) is 19.8. The van der Waals surface area contributed by atoms with Crippen LogP contribution in [0.5, 0.6) is 0 Å². The molecule has 0 radical (unpaired) electrons. The number of Topliss-reactive ketones (excluding diaryl/α,β-unsaturated/α-hetero) is 1. The van der Waals surface area contributed by atoms with Crippen LogP contribution in [0.2, 0.25) is 19.6 Å². The molecule has 12 heteroatoms. The summed E-state index contributed by atoms with van der Waals surface area (Å²) in [7, 11) is -1.84. The van der Waals surface area contributed by atoms with Crippen molar-refractivity contribution in [3.05, 3.63) is 39.8 Å². The lowest BCUT2D eigenvalue weighted by Crippen LogP contribution is -2.43. The van der Waals surface area contributed by atoms with Crippen LogP contribution in [0.25, 0.3) is 11.2 Å². The van der Waals surface area contributed by atoms with E-state index in [2.05, 4.69) is 15.0 Å². The molecule has 3 fully saturated rings. The summed E-state index contributed by atoms with van der Waals surface area (Å²) >= 11 is 0. The number of H-pyrrole nitrogens is 1. The molecule has 0 saturated carbocycles. The number of ketones is 2. The topological polar surface area (TPSA) is 133 Å². The third kappa shape index (κ3) is 3.59. The molecule has 1 aliphatic carbocycles. The van der Waals surface area contributed by atoms with E-state index in [0.717, 1.165) is 39.3 Å². The maximum Gasteiger partial charge on any atom is 0.272 e. The highest BCUT2D eigenvalue weighted by molar-refractivity contribution is 6.74. The van der Waals surface area contributed by atoms with E-state index >= 15 is 0 Å². The zero-order valence-corrected chi connectivity index (χ0v) is 19.4. The number of hydrogen-bond donors (Lipinski definition) is 2. The molecule has 3 aliphatic heterocycles. The lowest BCUT2D eigenvalue weighted by molar-refractivity contribution is -0.117. The maximum atomic E-state index is 12.4. The molecule has 3 saturated heterocycles. The Bertz CT molecular complexity index is 1260. The minimum absolute atomic E-state index is 0.00546. The number of nitrogens with one attached hydrogen (secondary N) is 1. The number of rotatable bonds is 4. The quantitative estimate of drug-likeness (QED) is 0.358. The first-order chi connectivity index (χ1) is 15.2. The molecule has 4 aliphatic rings. The fraction of sp³-hybridized carbons (Fsp3) is 0.450. The smallest absolute Gasteiger partial charge is 0.272 e. The third-order valence-corrected chi connectivity index (χ3v) is 7.42. The van der Waals surface area contributed by atoms with E-state index in [1.165, 1.54) is 12.4 Å². The van der Waals surface area contributed by atoms with Crippen molar-refractivity contribution in [2.75, 3.05) is 45.0 Å². The average Bonchev–Trinajstić information content (AvgIpc) is 3.56. The van der Waals surface area contributed by atoms with Gasteiger partial charge in [0.05, 0.1) is 12.0 Å². The number of fused-ring (bicyclic) bond motifs is 1. The second-order valence-electron chi connectivity index (χ2n) is 9.26. The predicted molar refractivity (Wildman–Crippen MR) is 121 cm³/mol. The zero-order valence-electron chi connectivity index (χ0n) is 18.4. The van der Waals surface area contributed by atoms with Crippen molar-refractivity contribution in [3.63, 3.8) is 0 Å². The van der Waals surface area contributed by atoms with Crippen LogP contribution in [0.3, 0.4) is 0 Å². The minimum atomic E-state index is -1.84. The zero-order chi connectivity index (χ0) is 22.8. The van der Waals surface area contributed by atoms with Crippen LogP contribution in [-0.2, 0) is 9.59 Å². The van der Waals surface area contributed by atoms with Crippen LogP contribution >= 0.6 is 0 Å². The Labute approximate surface area is 185 Å². The van der Waals surface area contributed by atoms with E-state index in [9.17, 15) is 14.4 Å². The molecule has 32 heavy (non-hydrogen) atoms. The van der Waals surface area contributed by atoms with Crippen LogP contribution < -0.4 is 11.3 Å². The molecule has 2 aromatic rings. The molecule has 2 aromatic heterocycles. The van der Waals surface area contributed by atoms with Gasteiger partial charge in [-0.05, 0) is 0 Å².